The number of aromatic nitrogens is 2. The second-order valence-corrected chi connectivity index (χ2v) is 7.03. The van der Waals surface area contributed by atoms with Crippen LogP contribution in [0.3, 0.4) is 0 Å². The van der Waals surface area contributed by atoms with Crippen molar-refractivity contribution in [2.24, 2.45) is 0 Å². The molecule has 0 fully saturated rings. The fraction of sp³-hybridized carbons (Fsp3) is 0.438. The summed E-state index contributed by atoms with van der Waals surface area (Å²) in [4.78, 5) is 9.14. The minimum Gasteiger partial charge on any atom is -0.344 e. The van der Waals surface area contributed by atoms with Gasteiger partial charge in [0.1, 0.15) is 5.82 Å². The molecule has 108 valence electrons. The molecule has 1 heterocycles. The lowest BCUT2D eigenvalue weighted by atomic mass is 10.1. The highest BCUT2D eigenvalue weighted by atomic mass is 32.2. The van der Waals surface area contributed by atoms with E-state index in [9.17, 15) is 0 Å². The minimum atomic E-state index is 0.126. The van der Waals surface area contributed by atoms with Gasteiger partial charge in [-0.15, -0.1) is 11.8 Å². The molecule has 1 aromatic carbocycles. The Balaban J connectivity index is 1.89. The average molecular weight is 289 g/mol. The summed E-state index contributed by atoms with van der Waals surface area (Å²) in [5, 5.41) is 3.46. The highest BCUT2D eigenvalue weighted by Crippen LogP contribution is 2.24. The molecule has 0 spiro atoms. The third-order valence-corrected chi connectivity index (χ3v) is 4.14. The zero-order chi connectivity index (χ0) is 14.6. The van der Waals surface area contributed by atoms with Crippen LogP contribution in [0.5, 0.6) is 0 Å². The third kappa shape index (κ3) is 4.69. The monoisotopic (exact) mass is 289 g/mol. The molecule has 0 radical (unpaired) electrons. The molecule has 0 bridgehead atoms. The van der Waals surface area contributed by atoms with Crippen LogP contribution in [0.1, 0.15) is 37.9 Å². The van der Waals surface area contributed by atoms with Gasteiger partial charge in [0.25, 0.3) is 0 Å². The number of aryl methyl sites for hydroxylation is 1. The topological polar surface area (TPSA) is 40.7 Å². The SMILES string of the molecule is Cc1ccccc1SCc1ncc(CNC(C)(C)C)[nH]1. The Labute approximate surface area is 125 Å². The van der Waals surface area contributed by atoms with E-state index in [0.29, 0.717) is 0 Å². The summed E-state index contributed by atoms with van der Waals surface area (Å²) in [6, 6.07) is 8.45. The Bertz CT molecular complexity index is 555. The van der Waals surface area contributed by atoms with E-state index in [4.69, 9.17) is 0 Å². The molecular formula is C16H23N3S. The van der Waals surface area contributed by atoms with Gasteiger partial charge in [-0.3, -0.25) is 0 Å². The van der Waals surface area contributed by atoms with Crippen molar-refractivity contribution in [2.45, 2.75) is 50.4 Å². The normalized spacial score (nSPS) is 11.8. The molecule has 0 unspecified atom stereocenters. The number of hydrogen-bond donors (Lipinski definition) is 2. The molecule has 4 heteroatoms. The maximum atomic E-state index is 4.45. The van der Waals surface area contributed by atoms with Gasteiger partial charge < -0.3 is 10.3 Å². The van der Waals surface area contributed by atoms with Crippen LogP contribution in [0.15, 0.2) is 35.4 Å². The van der Waals surface area contributed by atoms with E-state index in [1.807, 2.05) is 18.0 Å². The van der Waals surface area contributed by atoms with Crippen molar-refractivity contribution in [3.63, 3.8) is 0 Å². The molecular weight excluding hydrogens is 266 g/mol. The number of nitrogens with one attached hydrogen (secondary N) is 2. The number of nitrogens with zero attached hydrogens (tertiary/aromatic N) is 1. The van der Waals surface area contributed by atoms with Crippen LogP contribution < -0.4 is 5.32 Å². The van der Waals surface area contributed by atoms with E-state index in [-0.39, 0.29) is 5.54 Å². The maximum absolute atomic E-state index is 4.45. The van der Waals surface area contributed by atoms with Crippen LogP contribution in [0.2, 0.25) is 0 Å². The smallest absolute Gasteiger partial charge is 0.116 e. The van der Waals surface area contributed by atoms with Gasteiger partial charge in [-0.05, 0) is 39.3 Å². The Morgan fingerprint density at radius 2 is 2.00 bits per heavy atom. The molecule has 0 saturated heterocycles. The van der Waals surface area contributed by atoms with Gasteiger partial charge >= 0.3 is 0 Å². The Hall–Kier alpha value is -1.26. The second kappa shape index (κ2) is 6.46. The molecule has 0 aliphatic rings. The fourth-order valence-electron chi connectivity index (χ4n) is 1.79. The summed E-state index contributed by atoms with van der Waals surface area (Å²) in [7, 11) is 0. The summed E-state index contributed by atoms with van der Waals surface area (Å²) in [6.45, 7) is 9.46. The molecule has 1 aromatic heterocycles. The predicted molar refractivity (Wildman–Crippen MR) is 85.9 cm³/mol. The van der Waals surface area contributed by atoms with Crippen molar-refractivity contribution in [1.82, 2.24) is 15.3 Å². The number of rotatable bonds is 5. The predicted octanol–water partition coefficient (Wildman–Crippen LogP) is 3.90. The number of aromatic amines is 1. The van der Waals surface area contributed by atoms with Gasteiger partial charge in [-0.25, -0.2) is 4.98 Å². The van der Waals surface area contributed by atoms with Crippen molar-refractivity contribution >= 4 is 11.8 Å². The van der Waals surface area contributed by atoms with E-state index >= 15 is 0 Å². The van der Waals surface area contributed by atoms with Crippen LogP contribution in [-0.4, -0.2) is 15.5 Å². The van der Waals surface area contributed by atoms with Crippen LogP contribution in [0.25, 0.3) is 0 Å². The van der Waals surface area contributed by atoms with Gasteiger partial charge in [0.05, 0.1) is 5.75 Å². The Morgan fingerprint density at radius 3 is 2.70 bits per heavy atom. The zero-order valence-electron chi connectivity index (χ0n) is 12.7. The largest absolute Gasteiger partial charge is 0.344 e. The summed E-state index contributed by atoms with van der Waals surface area (Å²) in [5.41, 5.74) is 2.58. The van der Waals surface area contributed by atoms with Gasteiger partial charge in [-0.2, -0.15) is 0 Å². The van der Waals surface area contributed by atoms with E-state index in [1.54, 1.807) is 0 Å². The van der Waals surface area contributed by atoms with Crippen molar-refractivity contribution in [2.75, 3.05) is 0 Å². The lowest BCUT2D eigenvalue weighted by molar-refractivity contribution is 0.421. The van der Waals surface area contributed by atoms with E-state index < -0.39 is 0 Å². The minimum absolute atomic E-state index is 0.126. The highest BCUT2D eigenvalue weighted by Gasteiger charge is 2.09. The first-order valence-electron chi connectivity index (χ1n) is 6.90. The number of H-pyrrole nitrogens is 1. The summed E-state index contributed by atoms with van der Waals surface area (Å²) < 4.78 is 0. The van der Waals surface area contributed by atoms with Crippen molar-refractivity contribution in [3.05, 3.63) is 47.5 Å². The number of hydrogen-bond acceptors (Lipinski definition) is 3. The quantitative estimate of drug-likeness (QED) is 0.820. The summed E-state index contributed by atoms with van der Waals surface area (Å²) in [5.74, 6) is 1.91. The molecule has 2 N–H and O–H groups in total. The van der Waals surface area contributed by atoms with Crippen LogP contribution in [0, 0.1) is 6.92 Å². The fourth-order valence-corrected chi connectivity index (χ4v) is 2.70. The zero-order valence-corrected chi connectivity index (χ0v) is 13.5. The van der Waals surface area contributed by atoms with Crippen molar-refractivity contribution < 1.29 is 0 Å². The lowest BCUT2D eigenvalue weighted by Gasteiger charge is -2.19. The Morgan fingerprint density at radius 1 is 1.25 bits per heavy atom. The second-order valence-electron chi connectivity index (χ2n) is 6.01. The van der Waals surface area contributed by atoms with Crippen LogP contribution in [-0.2, 0) is 12.3 Å². The molecule has 0 aliphatic carbocycles. The van der Waals surface area contributed by atoms with Gasteiger partial charge in [0.2, 0.25) is 0 Å². The number of imidazole rings is 1. The first-order valence-corrected chi connectivity index (χ1v) is 7.89. The highest BCUT2D eigenvalue weighted by molar-refractivity contribution is 7.98. The van der Waals surface area contributed by atoms with E-state index in [0.717, 1.165) is 23.8 Å². The Kier molecular flexibility index (Phi) is 4.89. The first-order chi connectivity index (χ1) is 9.44. The maximum Gasteiger partial charge on any atom is 0.116 e. The molecule has 2 aromatic rings. The van der Waals surface area contributed by atoms with Crippen LogP contribution >= 0.6 is 11.8 Å². The molecule has 0 atom stereocenters. The third-order valence-electron chi connectivity index (χ3n) is 2.95. The number of benzene rings is 1. The number of thioether (sulfide) groups is 1. The van der Waals surface area contributed by atoms with Gasteiger partial charge in [0, 0.05) is 28.9 Å². The van der Waals surface area contributed by atoms with Crippen molar-refractivity contribution in [3.8, 4) is 0 Å². The molecule has 0 aliphatic heterocycles. The molecule has 3 nitrogen and oxygen atoms in total. The van der Waals surface area contributed by atoms with Gasteiger partial charge in [-0.1, -0.05) is 18.2 Å². The average Bonchev–Trinajstić information content (AvgIpc) is 2.83. The summed E-state index contributed by atoms with van der Waals surface area (Å²) in [6.07, 6.45) is 1.92. The van der Waals surface area contributed by atoms with E-state index in [2.05, 4.69) is 67.2 Å². The molecule has 2 rings (SSSR count). The summed E-state index contributed by atoms with van der Waals surface area (Å²) >= 11 is 1.82. The van der Waals surface area contributed by atoms with E-state index in [1.165, 1.54) is 10.5 Å². The standard InChI is InChI=1S/C16H23N3S/c1-12-7-5-6-8-14(12)20-11-15-17-9-13(19-15)10-18-16(2,3)4/h5-9,18H,10-11H2,1-4H3,(H,17,19). The molecule has 0 saturated carbocycles. The lowest BCUT2D eigenvalue weighted by Crippen LogP contribution is -2.35. The van der Waals surface area contributed by atoms with Crippen molar-refractivity contribution in [1.29, 1.82) is 0 Å². The first kappa shape index (κ1) is 15.1. The van der Waals surface area contributed by atoms with Gasteiger partial charge in [0.15, 0.2) is 0 Å². The van der Waals surface area contributed by atoms with Crippen LogP contribution in [0.4, 0.5) is 0 Å². The molecule has 0 amide bonds. The molecule has 20 heavy (non-hydrogen) atoms.